The first-order valence-corrected chi connectivity index (χ1v) is 7.99. The Morgan fingerprint density at radius 2 is 2.18 bits per heavy atom. The third-order valence-electron chi connectivity index (χ3n) is 1.73. The lowest BCUT2D eigenvalue weighted by Crippen LogP contribution is -2.25. The predicted octanol–water partition coefficient (Wildman–Crippen LogP) is 2.84. The number of aromatic nitrogens is 2. The van der Waals surface area contributed by atoms with Crippen LogP contribution in [0.15, 0.2) is 20.2 Å². The Labute approximate surface area is 117 Å². The molecular formula is C10H14BrN3OS2. The van der Waals surface area contributed by atoms with Crippen molar-refractivity contribution in [2.45, 2.75) is 30.7 Å². The second-order valence-corrected chi connectivity index (χ2v) is 7.75. The van der Waals surface area contributed by atoms with Gasteiger partial charge >= 0.3 is 0 Å². The molecule has 0 aliphatic rings. The van der Waals surface area contributed by atoms with Crippen LogP contribution in [0, 0.1) is 0 Å². The average molecular weight is 336 g/mol. The van der Waals surface area contributed by atoms with E-state index in [2.05, 4.69) is 30.3 Å². The zero-order valence-electron chi connectivity index (χ0n) is 10.1. The molecule has 1 unspecified atom stereocenters. The maximum absolute atomic E-state index is 11.8. The highest BCUT2D eigenvalue weighted by Gasteiger charge is 2.25. The molecule has 0 N–H and O–H groups in total. The first-order valence-electron chi connectivity index (χ1n) is 4.87. The van der Waals surface area contributed by atoms with E-state index in [1.54, 1.807) is 6.20 Å². The quantitative estimate of drug-likeness (QED) is 0.369. The Morgan fingerprint density at radius 3 is 2.71 bits per heavy atom. The highest BCUT2D eigenvalue weighted by molar-refractivity contribution is 9.10. The molecule has 0 saturated carbocycles. The van der Waals surface area contributed by atoms with Gasteiger partial charge in [0.05, 0.1) is 4.47 Å². The van der Waals surface area contributed by atoms with Gasteiger partial charge in [0.2, 0.25) is 0 Å². The smallest absolute Gasteiger partial charge is 0.187 e. The van der Waals surface area contributed by atoms with E-state index in [-0.39, 0.29) is 4.75 Å². The van der Waals surface area contributed by atoms with E-state index in [0.717, 1.165) is 4.47 Å². The molecule has 0 bridgehead atoms. The summed E-state index contributed by atoms with van der Waals surface area (Å²) in [6.07, 6.45) is 5.09. The Bertz CT molecular complexity index is 421. The molecule has 0 aliphatic carbocycles. The predicted molar refractivity (Wildman–Crippen MR) is 77.0 cm³/mol. The number of rotatable bonds is 3. The van der Waals surface area contributed by atoms with Crippen molar-refractivity contribution < 1.29 is 4.55 Å². The highest BCUT2D eigenvalue weighted by Crippen LogP contribution is 2.19. The van der Waals surface area contributed by atoms with Crippen molar-refractivity contribution in [1.29, 1.82) is 0 Å². The lowest BCUT2D eigenvalue weighted by atomic mass is 10.3. The van der Waals surface area contributed by atoms with Crippen molar-refractivity contribution >= 4 is 45.3 Å². The SMILES string of the molecule is CSc1ncc(Br)c(C=N[S+]([O-])C(C)(C)C)n1. The fourth-order valence-corrected chi connectivity index (χ4v) is 1.96. The minimum Gasteiger partial charge on any atom is -0.591 e. The summed E-state index contributed by atoms with van der Waals surface area (Å²) in [6.45, 7) is 5.63. The third-order valence-corrected chi connectivity index (χ3v) is 4.24. The number of halogens is 1. The topological polar surface area (TPSA) is 61.2 Å². The Hall–Kier alpha value is -0.110. The molecule has 17 heavy (non-hydrogen) atoms. The molecule has 0 fully saturated rings. The molecule has 0 aliphatic heterocycles. The molecule has 0 radical (unpaired) electrons. The van der Waals surface area contributed by atoms with Gasteiger partial charge in [0.1, 0.15) is 28.0 Å². The van der Waals surface area contributed by atoms with Gasteiger partial charge in [0, 0.05) is 6.20 Å². The van der Waals surface area contributed by atoms with Crippen LogP contribution in [0.2, 0.25) is 0 Å². The second-order valence-electron chi connectivity index (χ2n) is 4.19. The fraction of sp³-hybridized carbons (Fsp3) is 0.500. The van der Waals surface area contributed by atoms with Gasteiger partial charge in [-0.3, -0.25) is 0 Å². The Balaban J connectivity index is 2.91. The van der Waals surface area contributed by atoms with E-state index in [1.807, 2.05) is 27.0 Å². The summed E-state index contributed by atoms with van der Waals surface area (Å²) >= 11 is 3.51. The largest absolute Gasteiger partial charge is 0.591 e. The van der Waals surface area contributed by atoms with Crippen molar-refractivity contribution in [1.82, 2.24) is 9.97 Å². The van der Waals surface area contributed by atoms with Crippen LogP contribution in [0.3, 0.4) is 0 Å². The zero-order chi connectivity index (χ0) is 13.1. The van der Waals surface area contributed by atoms with Crippen LogP contribution in [0.5, 0.6) is 0 Å². The third kappa shape index (κ3) is 4.57. The summed E-state index contributed by atoms with van der Waals surface area (Å²) in [5, 5.41) is 0.663. The van der Waals surface area contributed by atoms with E-state index in [4.69, 9.17) is 0 Å². The minimum absolute atomic E-state index is 0.363. The molecule has 0 amide bonds. The molecule has 7 heteroatoms. The molecule has 1 heterocycles. The summed E-state index contributed by atoms with van der Waals surface area (Å²) < 4.78 is 16.2. The van der Waals surface area contributed by atoms with Gasteiger partial charge in [-0.15, -0.1) is 0 Å². The van der Waals surface area contributed by atoms with E-state index >= 15 is 0 Å². The van der Waals surface area contributed by atoms with Crippen LogP contribution >= 0.6 is 27.7 Å². The Morgan fingerprint density at radius 1 is 1.53 bits per heavy atom. The molecule has 1 rings (SSSR count). The maximum atomic E-state index is 11.8. The van der Waals surface area contributed by atoms with Crippen molar-refractivity contribution in [3.05, 3.63) is 16.4 Å². The van der Waals surface area contributed by atoms with E-state index < -0.39 is 11.4 Å². The van der Waals surface area contributed by atoms with E-state index in [1.165, 1.54) is 18.0 Å². The lowest BCUT2D eigenvalue weighted by Gasteiger charge is -2.17. The average Bonchev–Trinajstić information content (AvgIpc) is 2.26. The van der Waals surface area contributed by atoms with E-state index in [0.29, 0.717) is 10.9 Å². The summed E-state index contributed by atoms with van der Waals surface area (Å²) in [5.41, 5.74) is 0.641. The van der Waals surface area contributed by atoms with Crippen LogP contribution in [0.1, 0.15) is 26.5 Å². The maximum Gasteiger partial charge on any atom is 0.187 e. The van der Waals surface area contributed by atoms with Gasteiger partial charge in [-0.25, -0.2) is 9.97 Å². The minimum atomic E-state index is -1.27. The van der Waals surface area contributed by atoms with Gasteiger partial charge in [0.15, 0.2) is 5.16 Å². The van der Waals surface area contributed by atoms with Crippen LogP contribution in [-0.2, 0) is 11.4 Å². The summed E-state index contributed by atoms with van der Waals surface area (Å²) in [7, 11) is 0. The summed E-state index contributed by atoms with van der Waals surface area (Å²) in [4.78, 5) is 8.37. The monoisotopic (exact) mass is 335 g/mol. The second kappa shape index (κ2) is 6.17. The molecule has 0 saturated heterocycles. The molecule has 1 aromatic rings. The molecule has 1 atom stereocenters. The standard InChI is InChI=1S/C10H14BrN3OS2/c1-10(2,3)17(15)13-6-8-7(11)5-12-9(14-8)16-4/h5-6H,1-4H3. The van der Waals surface area contributed by atoms with E-state index in [9.17, 15) is 4.55 Å². The van der Waals surface area contributed by atoms with Gasteiger partial charge < -0.3 is 4.55 Å². The molecule has 94 valence electrons. The molecule has 0 aromatic carbocycles. The lowest BCUT2D eigenvalue weighted by molar-refractivity contribution is 0.562. The summed E-state index contributed by atoms with van der Waals surface area (Å²) in [5.74, 6) is 0. The van der Waals surface area contributed by atoms with Crippen molar-refractivity contribution in [3.8, 4) is 0 Å². The van der Waals surface area contributed by atoms with Gasteiger partial charge in [-0.05, 0) is 43.0 Å². The van der Waals surface area contributed by atoms with Crippen LogP contribution in [-0.4, -0.2) is 31.7 Å². The van der Waals surface area contributed by atoms with Crippen LogP contribution < -0.4 is 0 Å². The first kappa shape index (κ1) is 14.9. The number of hydrogen-bond donors (Lipinski definition) is 0. The number of hydrogen-bond acceptors (Lipinski definition) is 5. The highest BCUT2D eigenvalue weighted by atomic mass is 79.9. The first-order chi connectivity index (χ1) is 7.84. The van der Waals surface area contributed by atoms with Crippen LogP contribution in [0.4, 0.5) is 0 Å². The zero-order valence-corrected chi connectivity index (χ0v) is 13.3. The number of thioether (sulfide) groups is 1. The normalized spacial score (nSPS) is 14.2. The van der Waals surface area contributed by atoms with Crippen molar-refractivity contribution in [2.24, 2.45) is 4.40 Å². The van der Waals surface area contributed by atoms with Gasteiger partial charge in [0.25, 0.3) is 0 Å². The number of nitrogens with zero attached hydrogens (tertiary/aromatic N) is 3. The molecule has 4 nitrogen and oxygen atoms in total. The van der Waals surface area contributed by atoms with Gasteiger partial charge in [-0.2, -0.15) is 0 Å². The van der Waals surface area contributed by atoms with Crippen LogP contribution in [0.25, 0.3) is 0 Å². The summed E-state index contributed by atoms with van der Waals surface area (Å²) in [6, 6.07) is 0. The molecule has 1 aromatic heterocycles. The van der Waals surface area contributed by atoms with Gasteiger partial charge in [-0.1, -0.05) is 16.2 Å². The molecule has 0 spiro atoms. The van der Waals surface area contributed by atoms with Crippen molar-refractivity contribution in [3.63, 3.8) is 0 Å². The molecular weight excluding hydrogens is 322 g/mol. The fourth-order valence-electron chi connectivity index (χ4n) is 0.808. The van der Waals surface area contributed by atoms with Crippen molar-refractivity contribution in [2.75, 3.05) is 6.26 Å². The Kier molecular flexibility index (Phi) is 5.43.